The van der Waals surface area contributed by atoms with Gasteiger partial charge < -0.3 is 24.2 Å². The second kappa shape index (κ2) is 11.4. The molecule has 4 rings (SSSR count). The summed E-state index contributed by atoms with van der Waals surface area (Å²) in [7, 11) is 1.58. The Morgan fingerprint density at radius 1 is 1.11 bits per heavy atom. The molecule has 2 aromatic carbocycles. The van der Waals surface area contributed by atoms with E-state index < -0.39 is 17.7 Å². The Kier molecular flexibility index (Phi) is 8.07. The van der Waals surface area contributed by atoms with Crippen LogP contribution >= 0.6 is 0 Å². The standard InChI is InChI=1S/C28H32N2O6/c1-4-15-36-22-9-10-23(19(2)18-22)26(31)24-25(20-5-7-21(34-3)8-6-20)30(28(33)27(24)32)12-11-29-13-16-35-17-14-29/h4-10,18,25,31H,1,11-17H2,2-3H3/t25-/m1/s1. The van der Waals surface area contributed by atoms with E-state index in [2.05, 4.69) is 11.5 Å². The number of likely N-dealkylation sites (tertiary alicyclic amines) is 1. The second-order valence-corrected chi connectivity index (χ2v) is 8.80. The molecule has 0 spiro atoms. The van der Waals surface area contributed by atoms with Gasteiger partial charge in [-0.25, -0.2) is 0 Å². The van der Waals surface area contributed by atoms with E-state index in [0.717, 1.165) is 24.2 Å². The van der Waals surface area contributed by atoms with Crippen LogP contribution in [0.1, 0.15) is 22.7 Å². The number of hydrogen-bond donors (Lipinski definition) is 1. The largest absolute Gasteiger partial charge is 0.507 e. The van der Waals surface area contributed by atoms with Crippen LogP contribution in [0, 0.1) is 6.92 Å². The van der Waals surface area contributed by atoms with Crippen molar-refractivity contribution in [3.63, 3.8) is 0 Å². The van der Waals surface area contributed by atoms with E-state index in [4.69, 9.17) is 14.2 Å². The van der Waals surface area contributed by atoms with Crippen LogP contribution in [0.2, 0.25) is 0 Å². The van der Waals surface area contributed by atoms with Crippen LogP contribution in [0.15, 0.2) is 60.7 Å². The van der Waals surface area contributed by atoms with E-state index in [1.165, 1.54) is 0 Å². The lowest BCUT2D eigenvalue weighted by molar-refractivity contribution is -0.140. The maximum absolute atomic E-state index is 13.3. The quantitative estimate of drug-likeness (QED) is 0.249. The smallest absolute Gasteiger partial charge is 0.295 e. The first-order chi connectivity index (χ1) is 17.4. The van der Waals surface area contributed by atoms with Crippen LogP contribution in [-0.2, 0) is 14.3 Å². The van der Waals surface area contributed by atoms with Crippen molar-refractivity contribution in [3.8, 4) is 11.5 Å². The zero-order valence-electron chi connectivity index (χ0n) is 20.7. The van der Waals surface area contributed by atoms with Crippen molar-refractivity contribution in [2.45, 2.75) is 13.0 Å². The number of morpholine rings is 1. The number of amides is 1. The summed E-state index contributed by atoms with van der Waals surface area (Å²) in [6.07, 6.45) is 1.65. The first kappa shape index (κ1) is 25.5. The molecule has 0 aliphatic carbocycles. The third kappa shape index (κ3) is 5.29. The second-order valence-electron chi connectivity index (χ2n) is 8.80. The molecular formula is C28H32N2O6. The topological polar surface area (TPSA) is 88.5 Å². The highest BCUT2D eigenvalue weighted by Crippen LogP contribution is 2.40. The van der Waals surface area contributed by atoms with Crippen LogP contribution < -0.4 is 9.47 Å². The fourth-order valence-electron chi connectivity index (χ4n) is 4.61. The molecule has 1 atom stereocenters. The van der Waals surface area contributed by atoms with Gasteiger partial charge in [0, 0.05) is 31.7 Å². The number of ether oxygens (including phenoxy) is 3. The molecule has 0 aromatic heterocycles. The molecule has 2 saturated heterocycles. The minimum Gasteiger partial charge on any atom is -0.507 e. The molecule has 2 heterocycles. The lowest BCUT2D eigenvalue weighted by Crippen LogP contribution is -2.42. The number of carbonyl (C=O) groups excluding carboxylic acids is 2. The molecule has 2 fully saturated rings. The molecular weight excluding hydrogens is 460 g/mol. The normalized spacial score (nSPS) is 19.9. The number of aliphatic hydroxyl groups is 1. The van der Waals surface area contributed by atoms with Crippen LogP contribution in [0.25, 0.3) is 5.76 Å². The number of aryl methyl sites for hydroxylation is 1. The predicted octanol–water partition coefficient (Wildman–Crippen LogP) is 3.32. The first-order valence-corrected chi connectivity index (χ1v) is 12.0. The van der Waals surface area contributed by atoms with Gasteiger partial charge >= 0.3 is 0 Å². The molecule has 190 valence electrons. The maximum atomic E-state index is 13.3. The third-order valence-electron chi connectivity index (χ3n) is 6.55. The number of hydrogen-bond acceptors (Lipinski definition) is 7. The number of aliphatic hydroxyl groups excluding tert-OH is 1. The van der Waals surface area contributed by atoms with E-state index >= 15 is 0 Å². The molecule has 1 N–H and O–H groups in total. The maximum Gasteiger partial charge on any atom is 0.295 e. The highest BCUT2D eigenvalue weighted by atomic mass is 16.5. The van der Waals surface area contributed by atoms with Crippen molar-refractivity contribution in [2.24, 2.45) is 0 Å². The van der Waals surface area contributed by atoms with Gasteiger partial charge in [-0.3, -0.25) is 14.5 Å². The first-order valence-electron chi connectivity index (χ1n) is 12.0. The van der Waals surface area contributed by atoms with Crippen molar-refractivity contribution in [1.82, 2.24) is 9.80 Å². The minimum atomic E-state index is -0.715. The number of benzene rings is 2. The van der Waals surface area contributed by atoms with Crippen LogP contribution in [0.4, 0.5) is 0 Å². The Morgan fingerprint density at radius 3 is 2.44 bits per heavy atom. The van der Waals surface area contributed by atoms with Crippen LogP contribution in [0.5, 0.6) is 11.5 Å². The molecule has 0 unspecified atom stereocenters. The van der Waals surface area contributed by atoms with Crippen molar-refractivity contribution in [3.05, 3.63) is 77.4 Å². The van der Waals surface area contributed by atoms with Crippen molar-refractivity contribution < 1.29 is 28.9 Å². The molecule has 8 nitrogen and oxygen atoms in total. The van der Waals surface area contributed by atoms with Gasteiger partial charge in [0.25, 0.3) is 11.7 Å². The van der Waals surface area contributed by atoms with E-state index in [1.807, 2.05) is 19.1 Å². The van der Waals surface area contributed by atoms with Crippen molar-refractivity contribution in [1.29, 1.82) is 0 Å². The average molecular weight is 493 g/mol. The summed E-state index contributed by atoms with van der Waals surface area (Å²) in [6, 6.07) is 11.7. The summed E-state index contributed by atoms with van der Waals surface area (Å²) in [5, 5.41) is 11.4. The Balaban J connectivity index is 1.73. The number of ketones is 1. The van der Waals surface area contributed by atoms with Gasteiger partial charge in [-0.05, 0) is 48.4 Å². The number of Topliss-reactive ketones (excluding diaryl/α,β-unsaturated/α-hetero) is 1. The molecule has 0 saturated carbocycles. The Morgan fingerprint density at radius 2 is 1.81 bits per heavy atom. The number of rotatable bonds is 9. The molecule has 2 aromatic rings. The van der Waals surface area contributed by atoms with Gasteiger partial charge in [0.05, 0.1) is 31.9 Å². The van der Waals surface area contributed by atoms with E-state index in [0.29, 0.717) is 50.0 Å². The van der Waals surface area contributed by atoms with Crippen LogP contribution in [-0.4, -0.2) is 79.7 Å². The summed E-state index contributed by atoms with van der Waals surface area (Å²) in [4.78, 5) is 30.3. The number of carbonyl (C=O) groups is 2. The predicted molar refractivity (Wildman–Crippen MR) is 136 cm³/mol. The van der Waals surface area contributed by atoms with E-state index in [1.54, 1.807) is 48.4 Å². The Hall–Kier alpha value is -3.62. The molecule has 36 heavy (non-hydrogen) atoms. The SMILES string of the molecule is C=CCOc1ccc(C(O)=C2C(=O)C(=O)N(CCN3CCOCC3)[C@@H]2c2ccc(OC)cc2)c(C)c1. The highest BCUT2D eigenvalue weighted by molar-refractivity contribution is 6.46. The third-order valence-corrected chi connectivity index (χ3v) is 6.55. The fraction of sp³-hybridized carbons (Fsp3) is 0.357. The monoisotopic (exact) mass is 492 g/mol. The summed E-state index contributed by atoms with van der Waals surface area (Å²) in [5.74, 6) is -0.219. The van der Waals surface area contributed by atoms with Gasteiger partial charge in [0.2, 0.25) is 0 Å². The molecule has 8 heteroatoms. The summed E-state index contributed by atoms with van der Waals surface area (Å²) < 4.78 is 16.3. The minimum absolute atomic E-state index is 0.0787. The van der Waals surface area contributed by atoms with Gasteiger partial charge in [0.15, 0.2) is 0 Å². The molecule has 0 bridgehead atoms. The van der Waals surface area contributed by atoms with Gasteiger partial charge in [-0.2, -0.15) is 0 Å². The lowest BCUT2D eigenvalue weighted by Gasteiger charge is -2.31. The molecule has 1 amide bonds. The summed E-state index contributed by atoms with van der Waals surface area (Å²) in [6.45, 7) is 9.63. The van der Waals surface area contributed by atoms with Gasteiger partial charge in [0.1, 0.15) is 23.9 Å². The summed E-state index contributed by atoms with van der Waals surface area (Å²) in [5.41, 5.74) is 2.00. The number of methoxy groups -OCH3 is 1. The van der Waals surface area contributed by atoms with Crippen molar-refractivity contribution >= 4 is 17.4 Å². The molecule has 2 aliphatic rings. The van der Waals surface area contributed by atoms with Crippen molar-refractivity contribution in [2.75, 3.05) is 53.1 Å². The van der Waals surface area contributed by atoms with E-state index in [-0.39, 0.29) is 11.3 Å². The Labute approximate surface area is 211 Å². The number of nitrogens with zero attached hydrogens (tertiary/aromatic N) is 2. The zero-order valence-corrected chi connectivity index (χ0v) is 20.7. The highest BCUT2D eigenvalue weighted by Gasteiger charge is 2.46. The fourth-order valence-corrected chi connectivity index (χ4v) is 4.61. The van der Waals surface area contributed by atoms with Gasteiger partial charge in [-0.15, -0.1) is 0 Å². The molecule has 0 radical (unpaired) electrons. The Bertz CT molecular complexity index is 1150. The van der Waals surface area contributed by atoms with Gasteiger partial charge in [-0.1, -0.05) is 24.8 Å². The average Bonchev–Trinajstić information content (AvgIpc) is 3.16. The lowest BCUT2D eigenvalue weighted by atomic mass is 9.94. The molecule has 2 aliphatic heterocycles. The summed E-state index contributed by atoms with van der Waals surface area (Å²) >= 11 is 0. The zero-order chi connectivity index (χ0) is 25.7. The van der Waals surface area contributed by atoms with E-state index in [9.17, 15) is 14.7 Å². The van der Waals surface area contributed by atoms with Crippen LogP contribution in [0.3, 0.4) is 0 Å².